The minimum absolute atomic E-state index is 0.113. The van der Waals surface area contributed by atoms with E-state index in [0.29, 0.717) is 13.2 Å². The average Bonchev–Trinajstić information content (AvgIpc) is 2.18. The van der Waals surface area contributed by atoms with Crippen molar-refractivity contribution in [2.45, 2.75) is 19.8 Å². The lowest BCUT2D eigenvalue weighted by Crippen LogP contribution is -2.37. The predicted molar refractivity (Wildman–Crippen MR) is 53.2 cm³/mol. The molecule has 1 fully saturated rings. The highest BCUT2D eigenvalue weighted by Gasteiger charge is 2.28. The fraction of sp³-hybridized carbons (Fsp3) is 0.875. The Labute approximate surface area is 88.6 Å². The summed E-state index contributed by atoms with van der Waals surface area (Å²) in [6.07, 6.45) is 1.25. The quantitative estimate of drug-likeness (QED) is 0.730. The van der Waals surface area contributed by atoms with E-state index >= 15 is 0 Å². The molecule has 7 heteroatoms. The Morgan fingerprint density at radius 2 is 2.33 bits per heavy atom. The first-order valence-corrected chi connectivity index (χ1v) is 6.71. The zero-order valence-electron chi connectivity index (χ0n) is 8.72. The van der Waals surface area contributed by atoms with Crippen LogP contribution < -0.4 is 0 Å². The van der Waals surface area contributed by atoms with E-state index in [2.05, 4.69) is 4.52 Å². The molecular formula is C8H16NO5P. The van der Waals surface area contributed by atoms with Gasteiger partial charge in [-0.25, -0.2) is 5.06 Å². The number of rotatable bonds is 4. The molecule has 0 radical (unpaired) electrons. The van der Waals surface area contributed by atoms with Crippen LogP contribution in [0.15, 0.2) is 0 Å². The van der Waals surface area contributed by atoms with Gasteiger partial charge in [0.05, 0.1) is 13.2 Å². The van der Waals surface area contributed by atoms with Crippen molar-refractivity contribution in [3.63, 3.8) is 0 Å². The molecule has 15 heavy (non-hydrogen) atoms. The van der Waals surface area contributed by atoms with Gasteiger partial charge in [-0.2, -0.15) is 0 Å². The summed E-state index contributed by atoms with van der Waals surface area (Å²) >= 11 is 0. The van der Waals surface area contributed by atoms with Gasteiger partial charge in [-0.15, -0.1) is 0 Å². The Kier molecular flexibility index (Phi) is 4.73. The summed E-state index contributed by atoms with van der Waals surface area (Å²) < 4.78 is 15.9. The highest BCUT2D eigenvalue weighted by molar-refractivity contribution is 7.53. The van der Waals surface area contributed by atoms with E-state index < -0.39 is 19.7 Å². The first-order chi connectivity index (χ1) is 7.05. The molecular weight excluding hydrogens is 221 g/mol. The molecule has 1 aliphatic rings. The van der Waals surface area contributed by atoms with Crippen molar-refractivity contribution in [1.29, 1.82) is 0 Å². The molecule has 0 spiro atoms. The van der Waals surface area contributed by atoms with Crippen molar-refractivity contribution in [2.75, 3.05) is 25.9 Å². The lowest BCUT2D eigenvalue weighted by Gasteiger charge is -2.26. The normalized spacial score (nSPS) is 21.1. The smallest absolute Gasteiger partial charge is 0.324 e. The monoisotopic (exact) mass is 237 g/mol. The zero-order chi connectivity index (χ0) is 11.3. The molecule has 1 amide bonds. The molecule has 1 heterocycles. The van der Waals surface area contributed by atoms with Crippen molar-refractivity contribution >= 4 is 13.5 Å². The first kappa shape index (κ1) is 12.6. The van der Waals surface area contributed by atoms with Crippen LogP contribution in [-0.4, -0.2) is 41.8 Å². The van der Waals surface area contributed by atoms with Crippen LogP contribution in [0.4, 0.5) is 0 Å². The van der Waals surface area contributed by atoms with E-state index in [1.807, 2.05) is 0 Å². The number of carbonyl (C=O) groups excluding carboxylic acids is 1. The third kappa shape index (κ3) is 4.30. The highest BCUT2D eigenvalue weighted by Crippen LogP contribution is 2.41. The molecule has 0 aliphatic carbocycles. The standard InChI is InChI=1S/C8H16NO5P/c1-2-14-15(11,12)7-8(10)9-5-3-4-6-13-9/h2-7H2,1H3,(H,11,12). The maximum absolute atomic E-state index is 11.5. The molecule has 0 saturated carbocycles. The maximum Gasteiger partial charge on any atom is 0.337 e. The van der Waals surface area contributed by atoms with Crippen LogP contribution >= 0.6 is 7.60 Å². The van der Waals surface area contributed by atoms with E-state index in [4.69, 9.17) is 4.84 Å². The van der Waals surface area contributed by atoms with Crippen LogP contribution in [-0.2, 0) is 18.7 Å². The topological polar surface area (TPSA) is 76.1 Å². The molecule has 1 aliphatic heterocycles. The summed E-state index contributed by atoms with van der Waals surface area (Å²) in [5.74, 6) is -0.492. The summed E-state index contributed by atoms with van der Waals surface area (Å²) in [6, 6.07) is 0. The number of hydrogen-bond acceptors (Lipinski definition) is 4. The van der Waals surface area contributed by atoms with Crippen molar-refractivity contribution in [3.8, 4) is 0 Å². The Morgan fingerprint density at radius 1 is 1.60 bits per heavy atom. The molecule has 1 unspecified atom stereocenters. The fourth-order valence-corrected chi connectivity index (χ4v) is 2.28. The summed E-state index contributed by atoms with van der Waals surface area (Å²) in [4.78, 5) is 25.8. The lowest BCUT2D eigenvalue weighted by molar-refractivity contribution is -0.194. The highest BCUT2D eigenvalue weighted by atomic mass is 31.2. The summed E-state index contributed by atoms with van der Waals surface area (Å²) in [5.41, 5.74) is 0. The summed E-state index contributed by atoms with van der Waals surface area (Å²) in [6.45, 7) is 2.67. The second-order valence-corrected chi connectivity index (χ2v) is 5.10. The SMILES string of the molecule is CCOP(=O)(O)CC(=O)N1CCCCO1. The van der Waals surface area contributed by atoms with Gasteiger partial charge in [0.2, 0.25) is 0 Å². The lowest BCUT2D eigenvalue weighted by atomic mass is 10.3. The molecule has 1 atom stereocenters. The Morgan fingerprint density at radius 3 is 2.87 bits per heavy atom. The van der Waals surface area contributed by atoms with Crippen LogP contribution in [0.3, 0.4) is 0 Å². The predicted octanol–water partition coefficient (Wildman–Crippen LogP) is 0.762. The minimum Gasteiger partial charge on any atom is -0.324 e. The Hall–Kier alpha value is -0.420. The van der Waals surface area contributed by atoms with Crippen LogP contribution in [0.25, 0.3) is 0 Å². The molecule has 1 saturated heterocycles. The third-order valence-corrected chi connectivity index (χ3v) is 3.28. The second kappa shape index (κ2) is 5.61. The number of amides is 1. The molecule has 6 nitrogen and oxygen atoms in total. The van der Waals surface area contributed by atoms with Gasteiger partial charge in [0.1, 0.15) is 6.16 Å². The summed E-state index contributed by atoms with van der Waals surface area (Å²) in [7, 11) is -3.79. The second-order valence-electron chi connectivity index (χ2n) is 3.25. The van der Waals surface area contributed by atoms with Crippen LogP contribution in [0.2, 0.25) is 0 Å². The molecule has 0 aromatic rings. The van der Waals surface area contributed by atoms with Crippen molar-refractivity contribution < 1.29 is 23.6 Å². The Bertz CT molecular complexity index is 264. The van der Waals surface area contributed by atoms with Gasteiger partial charge in [-0.05, 0) is 19.8 Å². The maximum atomic E-state index is 11.5. The van der Waals surface area contributed by atoms with Crippen LogP contribution in [0.5, 0.6) is 0 Å². The molecule has 0 aromatic carbocycles. The van der Waals surface area contributed by atoms with Crippen LogP contribution in [0.1, 0.15) is 19.8 Å². The third-order valence-electron chi connectivity index (χ3n) is 1.95. The molecule has 0 bridgehead atoms. The van der Waals surface area contributed by atoms with Gasteiger partial charge in [-0.3, -0.25) is 14.2 Å². The van der Waals surface area contributed by atoms with Gasteiger partial charge in [0.25, 0.3) is 5.91 Å². The summed E-state index contributed by atoms with van der Waals surface area (Å²) in [5, 5.41) is 1.14. The number of hydrogen-bond donors (Lipinski definition) is 1. The van der Waals surface area contributed by atoms with Crippen molar-refractivity contribution in [1.82, 2.24) is 5.06 Å². The van der Waals surface area contributed by atoms with Gasteiger partial charge in [0, 0.05) is 6.54 Å². The van der Waals surface area contributed by atoms with Gasteiger partial charge >= 0.3 is 7.60 Å². The van der Waals surface area contributed by atoms with E-state index in [-0.39, 0.29) is 6.61 Å². The van der Waals surface area contributed by atoms with E-state index in [0.717, 1.165) is 17.9 Å². The zero-order valence-corrected chi connectivity index (χ0v) is 9.61. The van der Waals surface area contributed by atoms with E-state index in [9.17, 15) is 14.3 Å². The van der Waals surface area contributed by atoms with Crippen LogP contribution in [0, 0.1) is 0 Å². The molecule has 0 aromatic heterocycles. The number of carbonyl (C=O) groups is 1. The molecule has 88 valence electrons. The first-order valence-electron chi connectivity index (χ1n) is 4.95. The molecule has 1 N–H and O–H groups in total. The fourth-order valence-electron chi connectivity index (χ4n) is 1.29. The van der Waals surface area contributed by atoms with Crippen molar-refractivity contribution in [2.24, 2.45) is 0 Å². The van der Waals surface area contributed by atoms with Gasteiger partial charge in [-0.1, -0.05) is 0 Å². The van der Waals surface area contributed by atoms with Crippen molar-refractivity contribution in [3.05, 3.63) is 0 Å². The Balaban J connectivity index is 2.43. The minimum atomic E-state index is -3.79. The average molecular weight is 237 g/mol. The van der Waals surface area contributed by atoms with Gasteiger partial charge in [0.15, 0.2) is 0 Å². The van der Waals surface area contributed by atoms with E-state index in [1.165, 1.54) is 0 Å². The molecule has 1 rings (SSSR count). The number of nitrogens with zero attached hydrogens (tertiary/aromatic N) is 1. The van der Waals surface area contributed by atoms with Gasteiger partial charge < -0.3 is 9.42 Å². The number of hydroxylamine groups is 2. The largest absolute Gasteiger partial charge is 0.337 e. The van der Waals surface area contributed by atoms with E-state index in [1.54, 1.807) is 6.92 Å².